The number of rotatable bonds is 5. The molecule has 1 aliphatic rings. The van der Waals surface area contributed by atoms with E-state index in [9.17, 15) is 25.0 Å². The Morgan fingerprint density at radius 2 is 1.87 bits per heavy atom. The summed E-state index contributed by atoms with van der Waals surface area (Å²) < 4.78 is 0. The zero-order chi connectivity index (χ0) is 22.5. The van der Waals surface area contributed by atoms with Gasteiger partial charge in [0.05, 0.1) is 10.5 Å². The number of nitrogens with one attached hydrogen (secondary N) is 2. The topological polar surface area (TPSA) is 128 Å². The summed E-state index contributed by atoms with van der Waals surface area (Å²) in [7, 11) is 0. The van der Waals surface area contributed by atoms with E-state index in [-0.39, 0.29) is 28.0 Å². The van der Waals surface area contributed by atoms with Crippen molar-refractivity contribution in [2.45, 2.75) is 6.92 Å². The molecule has 1 fully saturated rings. The molecule has 2 amide bonds. The molecule has 9 nitrogen and oxygen atoms in total. The van der Waals surface area contributed by atoms with Crippen molar-refractivity contribution >= 4 is 52.2 Å². The summed E-state index contributed by atoms with van der Waals surface area (Å²) in [5.41, 5.74) is 2.00. The minimum absolute atomic E-state index is 0.0979. The fraction of sp³-hybridized carbons (Fsp3) is 0.0476. The molecule has 2 aromatic carbocycles. The van der Waals surface area contributed by atoms with Crippen LogP contribution in [0.3, 0.4) is 0 Å². The summed E-state index contributed by atoms with van der Waals surface area (Å²) in [6.45, 7) is 1.40. The van der Waals surface area contributed by atoms with Gasteiger partial charge in [-0.1, -0.05) is 12.1 Å². The molecule has 3 rings (SSSR count). The SMILES string of the molecule is CC(=O)Nc1ccc(/C=C2\C(=O)NC(=S)N2/C=C(\C#N)c2ccc([N+](=O)[O-])cc2)cc1. The normalized spacial score (nSPS) is 14.9. The third-order valence-corrected chi connectivity index (χ3v) is 4.53. The molecule has 1 aliphatic heterocycles. The van der Waals surface area contributed by atoms with Crippen molar-refractivity contribution in [3.05, 3.63) is 81.7 Å². The second kappa shape index (κ2) is 8.98. The zero-order valence-corrected chi connectivity index (χ0v) is 17.0. The molecule has 10 heteroatoms. The van der Waals surface area contributed by atoms with Crippen LogP contribution >= 0.6 is 12.2 Å². The number of nitriles is 1. The van der Waals surface area contributed by atoms with Crippen LogP contribution in [0.2, 0.25) is 0 Å². The van der Waals surface area contributed by atoms with E-state index in [1.807, 2.05) is 6.07 Å². The smallest absolute Gasteiger partial charge is 0.274 e. The maximum Gasteiger partial charge on any atom is 0.274 e. The van der Waals surface area contributed by atoms with Crippen LogP contribution in [-0.4, -0.2) is 26.8 Å². The number of nitro benzene ring substituents is 1. The van der Waals surface area contributed by atoms with E-state index in [0.717, 1.165) is 0 Å². The molecule has 154 valence electrons. The lowest BCUT2D eigenvalue weighted by molar-refractivity contribution is -0.384. The number of carbonyl (C=O) groups is 2. The van der Waals surface area contributed by atoms with Crippen LogP contribution in [0.5, 0.6) is 0 Å². The zero-order valence-electron chi connectivity index (χ0n) is 16.2. The van der Waals surface area contributed by atoms with Crippen molar-refractivity contribution in [1.82, 2.24) is 10.2 Å². The number of benzene rings is 2. The van der Waals surface area contributed by atoms with Gasteiger partial charge in [-0.15, -0.1) is 0 Å². The molecule has 1 saturated heterocycles. The summed E-state index contributed by atoms with van der Waals surface area (Å²) in [4.78, 5) is 35.2. The van der Waals surface area contributed by atoms with Crippen molar-refractivity contribution in [3.8, 4) is 6.07 Å². The van der Waals surface area contributed by atoms with Gasteiger partial charge in [0.2, 0.25) is 5.91 Å². The maximum absolute atomic E-state index is 12.4. The van der Waals surface area contributed by atoms with E-state index in [4.69, 9.17) is 12.2 Å². The van der Waals surface area contributed by atoms with Crippen molar-refractivity contribution in [3.63, 3.8) is 0 Å². The maximum atomic E-state index is 12.4. The van der Waals surface area contributed by atoms with Crippen LogP contribution < -0.4 is 10.6 Å². The standard InChI is InChI=1S/C21H15N5O4S/c1-13(27)23-17-6-2-14(3-7-17)10-19-20(28)24-21(31)25(19)12-16(11-22)15-4-8-18(9-5-15)26(29)30/h2-10,12H,1H3,(H,23,27)(H,24,28,31)/b16-12+,19-10+. The molecule has 31 heavy (non-hydrogen) atoms. The largest absolute Gasteiger partial charge is 0.326 e. The average molecular weight is 433 g/mol. The van der Waals surface area contributed by atoms with Crippen LogP contribution in [0.1, 0.15) is 18.1 Å². The molecule has 0 unspecified atom stereocenters. The number of nitrogens with zero attached hydrogens (tertiary/aromatic N) is 3. The predicted molar refractivity (Wildman–Crippen MR) is 118 cm³/mol. The fourth-order valence-corrected chi connectivity index (χ4v) is 3.03. The lowest BCUT2D eigenvalue weighted by atomic mass is 10.1. The van der Waals surface area contributed by atoms with Gasteiger partial charge in [0.15, 0.2) is 5.11 Å². The van der Waals surface area contributed by atoms with Gasteiger partial charge in [0.1, 0.15) is 11.8 Å². The van der Waals surface area contributed by atoms with E-state index >= 15 is 0 Å². The van der Waals surface area contributed by atoms with Gasteiger partial charge >= 0.3 is 0 Å². The first-order valence-corrected chi connectivity index (χ1v) is 9.30. The Bertz CT molecular complexity index is 1180. The Labute approximate surface area is 182 Å². The minimum Gasteiger partial charge on any atom is -0.326 e. The number of anilines is 1. The van der Waals surface area contributed by atoms with Gasteiger partial charge in [0, 0.05) is 30.9 Å². The molecule has 2 aromatic rings. The fourth-order valence-electron chi connectivity index (χ4n) is 2.79. The molecule has 0 bridgehead atoms. The van der Waals surface area contributed by atoms with Crippen LogP contribution in [0.25, 0.3) is 11.6 Å². The summed E-state index contributed by atoms with van der Waals surface area (Å²) >= 11 is 5.21. The molecule has 1 heterocycles. The Kier molecular flexibility index (Phi) is 6.18. The van der Waals surface area contributed by atoms with Gasteiger partial charge in [-0.2, -0.15) is 5.26 Å². The highest BCUT2D eigenvalue weighted by Gasteiger charge is 2.29. The molecule has 0 radical (unpaired) electrons. The number of amides is 2. The van der Waals surface area contributed by atoms with Gasteiger partial charge < -0.3 is 5.32 Å². The Balaban J connectivity index is 1.94. The molecule has 0 atom stereocenters. The number of carbonyl (C=O) groups excluding carboxylic acids is 2. The first-order chi connectivity index (χ1) is 14.8. The van der Waals surface area contributed by atoms with Crippen LogP contribution in [0.4, 0.5) is 11.4 Å². The second-order valence-electron chi connectivity index (χ2n) is 6.42. The molecule has 0 saturated carbocycles. The summed E-state index contributed by atoms with van der Waals surface area (Å²) in [5, 5.41) is 25.7. The third kappa shape index (κ3) is 4.98. The molecular weight excluding hydrogens is 418 g/mol. The van der Waals surface area contributed by atoms with Crippen molar-refractivity contribution < 1.29 is 14.5 Å². The number of hydrogen-bond donors (Lipinski definition) is 2. The number of allylic oxidation sites excluding steroid dienone is 1. The molecule has 2 N–H and O–H groups in total. The van der Waals surface area contributed by atoms with E-state index in [1.165, 1.54) is 42.3 Å². The molecular formula is C21H15N5O4S. The molecule has 0 aliphatic carbocycles. The third-order valence-electron chi connectivity index (χ3n) is 4.23. The highest BCUT2D eigenvalue weighted by Crippen LogP contribution is 2.24. The number of nitro groups is 1. The molecule has 0 aromatic heterocycles. The lowest BCUT2D eigenvalue weighted by Crippen LogP contribution is -2.23. The van der Waals surface area contributed by atoms with Crippen molar-refractivity contribution in [2.24, 2.45) is 0 Å². The quantitative estimate of drug-likeness (QED) is 0.244. The second-order valence-corrected chi connectivity index (χ2v) is 6.81. The van der Waals surface area contributed by atoms with Gasteiger partial charge in [-0.05, 0) is 53.7 Å². The number of thiocarbonyl (C=S) groups is 1. The first kappa shape index (κ1) is 21.4. The van der Waals surface area contributed by atoms with E-state index in [1.54, 1.807) is 30.3 Å². The van der Waals surface area contributed by atoms with Gasteiger partial charge in [-0.25, -0.2) is 0 Å². The first-order valence-electron chi connectivity index (χ1n) is 8.89. The van der Waals surface area contributed by atoms with E-state index in [2.05, 4.69) is 10.6 Å². The Morgan fingerprint density at radius 3 is 2.42 bits per heavy atom. The van der Waals surface area contributed by atoms with Gasteiger partial charge in [0.25, 0.3) is 11.6 Å². The van der Waals surface area contributed by atoms with Crippen molar-refractivity contribution in [1.29, 1.82) is 5.26 Å². The summed E-state index contributed by atoms with van der Waals surface area (Å²) in [6, 6.07) is 14.3. The monoisotopic (exact) mass is 433 g/mol. The van der Waals surface area contributed by atoms with Gasteiger partial charge in [-0.3, -0.25) is 29.9 Å². The van der Waals surface area contributed by atoms with Crippen molar-refractivity contribution in [2.75, 3.05) is 5.32 Å². The minimum atomic E-state index is -0.532. The van der Waals surface area contributed by atoms with E-state index < -0.39 is 10.8 Å². The average Bonchev–Trinajstić information content (AvgIpc) is 2.99. The van der Waals surface area contributed by atoms with Crippen LogP contribution in [0, 0.1) is 21.4 Å². The highest BCUT2D eigenvalue weighted by atomic mass is 32.1. The Hall–Kier alpha value is -4.36. The molecule has 0 spiro atoms. The summed E-state index contributed by atoms with van der Waals surface area (Å²) in [6.07, 6.45) is 2.99. The highest BCUT2D eigenvalue weighted by molar-refractivity contribution is 7.80. The lowest BCUT2D eigenvalue weighted by Gasteiger charge is -2.13. The van der Waals surface area contributed by atoms with Crippen LogP contribution in [-0.2, 0) is 9.59 Å². The number of non-ortho nitro benzene ring substituents is 1. The summed E-state index contributed by atoms with van der Waals surface area (Å²) in [5.74, 6) is -0.633. The predicted octanol–water partition coefficient (Wildman–Crippen LogP) is 3.18. The number of hydrogen-bond acceptors (Lipinski definition) is 6. The van der Waals surface area contributed by atoms with Crippen LogP contribution in [0.15, 0.2) is 60.4 Å². The van der Waals surface area contributed by atoms with E-state index in [0.29, 0.717) is 16.8 Å². The Morgan fingerprint density at radius 1 is 1.23 bits per heavy atom.